The Morgan fingerprint density at radius 1 is 1.00 bits per heavy atom. The Kier molecular flexibility index (Phi) is 6.09. The number of nitrogens with one attached hydrogen (secondary N) is 2. The summed E-state index contributed by atoms with van der Waals surface area (Å²) in [6, 6.07) is 0.279. The molecule has 1 aliphatic carbocycles. The second-order valence-electron chi connectivity index (χ2n) is 6.76. The highest BCUT2D eigenvalue weighted by molar-refractivity contribution is 7.90. The van der Waals surface area contributed by atoms with Crippen LogP contribution >= 0.6 is 0 Å². The summed E-state index contributed by atoms with van der Waals surface area (Å²) in [5.74, 6) is 0. The van der Waals surface area contributed by atoms with E-state index in [1.165, 1.54) is 19.3 Å². The van der Waals surface area contributed by atoms with Gasteiger partial charge in [-0.1, -0.05) is 19.3 Å². The quantitative estimate of drug-likeness (QED) is 0.825. The Balaban J connectivity index is 1.75. The molecule has 2 amide bonds. The minimum Gasteiger partial charge on any atom is -0.335 e. The van der Waals surface area contributed by atoms with Crippen molar-refractivity contribution in [3.8, 4) is 0 Å². The van der Waals surface area contributed by atoms with Crippen molar-refractivity contribution in [3.05, 3.63) is 0 Å². The van der Waals surface area contributed by atoms with Crippen LogP contribution in [0, 0.1) is 0 Å². The Labute approximate surface area is 134 Å². The molecule has 2 fully saturated rings. The molecule has 7 heteroatoms. The zero-order valence-electron chi connectivity index (χ0n) is 13.7. The van der Waals surface area contributed by atoms with Crippen LogP contribution in [0.1, 0.15) is 58.8 Å². The maximum atomic E-state index is 12.2. The molecule has 0 bridgehead atoms. The zero-order chi connectivity index (χ0) is 16.2. The molecule has 0 atom stereocenters. The van der Waals surface area contributed by atoms with Crippen LogP contribution in [0.5, 0.6) is 0 Å². The monoisotopic (exact) mass is 331 g/mol. The van der Waals surface area contributed by atoms with Gasteiger partial charge >= 0.3 is 6.03 Å². The van der Waals surface area contributed by atoms with Crippen LogP contribution in [0.15, 0.2) is 0 Å². The van der Waals surface area contributed by atoms with E-state index < -0.39 is 15.3 Å². The van der Waals surface area contributed by atoms with Crippen molar-refractivity contribution in [2.24, 2.45) is 0 Å². The summed E-state index contributed by atoms with van der Waals surface area (Å²) >= 11 is 0. The second-order valence-corrected chi connectivity index (χ2v) is 9.03. The van der Waals surface area contributed by atoms with Crippen molar-refractivity contribution < 1.29 is 13.2 Å². The molecule has 0 aromatic heterocycles. The number of carbonyl (C=O) groups is 1. The molecule has 0 aromatic carbocycles. The van der Waals surface area contributed by atoms with Crippen LogP contribution < -0.4 is 10.0 Å². The molecule has 0 radical (unpaired) electrons. The third-order valence-electron chi connectivity index (χ3n) is 4.67. The number of carbonyl (C=O) groups excluding carboxylic acids is 1. The number of likely N-dealkylation sites (tertiary alicyclic amines) is 1. The Morgan fingerprint density at radius 3 is 2.14 bits per heavy atom. The molecule has 22 heavy (non-hydrogen) atoms. The van der Waals surface area contributed by atoms with Crippen LogP contribution in [0.3, 0.4) is 0 Å². The first-order valence-corrected chi connectivity index (χ1v) is 9.99. The van der Waals surface area contributed by atoms with Gasteiger partial charge in [-0.05, 0) is 39.5 Å². The van der Waals surface area contributed by atoms with Crippen molar-refractivity contribution in [1.29, 1.82) is 0 Å². The van der Waals surface area contributed by atoms with Gasteiger partial charge in [0.25, 0.3) is 0 Å². The number of piperidine rings is 1. The standard InChI is InChI=1S/C15H29N3O3S/c1-12(2)22(20,21)17-14-8-10-18(11-9-14)15(19)16-13-6-4-3-5-7-13/h12-14,17H,3-11H2,1-2H3,(H,16,19). The van der Waals surface area contributed by atoms with Crippen LogP contribution in [-0.2, 0) is 10.0 Å². The Hall–Kier alpha value is -0.820. The summed E-state index contributed by atoms with van der Waals surface area (Å²) in [4.78, 5) is 14.1. The number of amides is 2. The first-order chi connectivity index (χ1) is 10.4. The lowest BCUT2D eigenvalue weighted by atomic mass is 9.95. The van der Waals surface area contributed by atoms with E-state index in [1.54, 1.807) is 13.8 Å². The lowest BCUT2D eigenvalue weighted by Gasteiger charge is -2.34. The van der Waals surface area contributed by atoms with Gasteiger partial charge in [0.1, 0.15) is 0 Å². The van der Waals surface area contributed by atoms with E-state index in [4.69, 9.17) is 0 Å². The summed E-state index contributed by atoms with van der Waals surface area (Å²) in [5.41, 5.74) is 0. The summed E-state index contributed by atoms with van der Waals surface area (Å²) in [7, 11) is -3.23. The van der Waals surface area contributed by atoms with Crippen LogP contribution in [0.2, 0.25) is 0 Å². The number of urea groups is 1. The molecule has 2 N–H and O–H groups in total. The van der Waals surface area contributed by atoms with E-state index in [-0.39, 0.29) is 12.1 Å². The summed E-state index contributed by atoms with van der Waals surface area (Å²) in [5, 5.41) is 2.70. The molecule has 1 saturated heterocycles. The van der Waals surface area contributed by atoms with E-state index in [1.807, 2.05) is 4.90 Å². The molecule has 2 rings (SSSR count). The summed E-state index contributed by atoms with van der Waals surface area (Å²) in [6.07, 6.45) is 7.20. The van der Waals surface area contributed by atoms with Crippen molar-refractivity contribution in [2.45, 2.75) is 76.1 Å². The average Bonchev–Trinajstić information content (AvgIpc) is 2.48. The topological polar surface area (TPSA) is 78.5 Å². The number of rotatable bonds is 4. The minimum atomic E-state index is -3.23. The van der Waals surface area contributed by atoms with Gasteiger partial charge < -0.3 is 10.2 Å². The Morgan fingerprint density at radius 2 is 1.59 bits per heavy atom. The number of sulfonamides is 1. The molecule has 0 aromatic rings. The predicted octanol–water partition coefficient (Wildman–Crippen LogP) is 1.82. The van der Waals surface area contributed by atoms with Crippen LogP contribution in [0.25, 0.3) is 0 Å². The molecule has 1 heterocycles. The molecule has 1 saturated carbocycles. The normalized spacial score (nSPS) is 22.0. The third-order valence-corrected chi connectivity index (χ3v) is 6.57. The van der Waals surface area contributed by atoms with Gasteiger partial charge in [0.05, 0.1) is 5.25 Å². The fraction of sp³-hybridized carbons (Fsp3) is 0.933. The number of hydrogen-bond donors (Lipinski definition) is 2. The van der Waals surface area contributed by atoms with E-state index >= 15 is 0 Å². The average molecular weight is 331 g/mol. The van der Waals surface area contributed by atoms with Gasteiger partial charge in [-0.25, -0.2) is 17.9 Å². The van der Waals surface area contributed by atoms with Gasteiger partial charge in [-0.2, -0.15) is 0 Å². The lowest BCUT2D eigenvalue weighted by molar-refractivity contribution is 0.173. The Bertz CT molecular complexity index is 464. The highest BCUT2D eigenvalue weighted by atomic mass is 32.2. The van der Waals surface area contributed by atoms with Crippen molar-refractivity contribution in [1.82, 2.24) is 14.9 Å². The van der Waals surface area contributed by atoms with Gasteiger partial charge in [0.15, 0.2) is 0 Å². The highest BCUT2D eigenvalue weighted by Gasteiger charge is 2.28. The summed E-state index contributed by atoms with van der Waals surface area (Å²) in [6.45, 7) is 4.58. The lowest BCUT2D eigenvalue weighted by Crippen LogP contribution is -2.52. The first-order valence-electron chi connectivity index (χ1n) is 8.45. The number of nitrogens with zero attached hydrogens (tertiary/aromatic N) is 1. The SMILES string of the molecule is CC(C)S(=O)(=O)NC1CCN(C(=O)NC2CCCCC2)CC1. The molecular weight excluding hydrogens is 302 g/mol. The fourth-order valence-corrected chi connectivity index (χ4v) is 4.05. The molecule has 0 unspecified atom stereocenters. The van der Waals surface area contributed by atoms with Crippen LogP contribution in [0.4, 0.5) is 4.79 Å². The second kappa shape index (κ2) is 7.64. The van der Waals surface area contributed by atoms with Gasteiger partial charge in [-0.15, -0.1) is 0 Å². The molecule has 6 nitrogen and oxygen atoms in total. The minimum absolute atomic E-state index is 0.0112. The van der Waals surface area contributed by atoms with Gasteiger partial charge in [0, 0.05) is 25.2 Å². The first kappa shape index (κ1) is 17.5. The number of hydrogen-bond acceptors (Lipinski definition) is 3. The molecule has 2 aliphatic rings. The zero-order valence-corrected chi connectivity index (χ0v) is 14.5. The maximum Gasteiger partial charge on any atom is 0.317 e. The largest absolute Gasteiger partial charge is 0.335 e. The fourth-order valence-electron chi connectivity index (χ4n) is 3.08. The van der Waals surface area contributed by atoms with E-state index in [0.717, 1.165) is 12.8 Å². The van der Waals surface area contributed by atoms with Crippen molar-refractivity contribution in [2.75, 3.05) is 13.1 Å². The molecular formula is C15H29N3O3S. The van der Waals surface area contributed by atoms with E-state index in [9.17, 15) is 13.2 Å². The maximum absolute atomic E-state index is 12.2. The van der Waals surface area contributed by atoms with Crippen LogP contribution in [-0.4, -0.2) is 49.8 Å². The van der Waals surface area contributed by atoms with Crippen molar-refractivity contribution >= 4 is 16.1 Å². The predicted molar refractivity (Wildman–Crippen MR) is 87.2 cm³/mol. The van der Waals surface area contributed by atoms with Gasteiger partial charge in [0.2, 0.25) is 10.0 Å². The van der Waals surface area contributed by atoms with Gasteiger partial charge in [-0.3, -0.25) is 0 Å². The van der Waals surface area contributed by atoms with E-state index in [0.29, 0.717) is 32.0 Å². The van der Waals surface area contributed by atoms with Crippen molar-refractivity contribution in [3.63, 3.8) is 0 Å². The molecule has 128 valence electrons. The van der Waals surface area contributed by atoms with E-state index in [2.05, 4.69) is 10.0 Å². The molecule has 0 spiro atoms. The smallest absolute Gasteiger partial charge is 0.317 e. The molecule has 1 aliphatic heterocycles. The third kappa shape index (κ3) is 4.84. The highest BCUT2D eigenvalue weighted by Crippen LogP contribution is 2.18. The summed E-state index contributed by atoms with van der Waals surface area (Å²) < 4.78 is 26.5.